The van der Waals surface area contributed by atoms with Gasteiger partial charge in [-0.3, -0.25) is 4.79 Å². The first kappa shape index (κ1) is 23.8. The number of anilines is 2. The number of rotatable bonds is 6. The third kappa shape index (κ3) is 4.51. The van der Waals surface area contributed by atoms with Gasteiger partial charge >= 0.3 is 0 Å². The van der Waals surface area contributed by atoms with Gasteiger partial charge in [0, 0.05) is 28.7 Å². The molecule has 5 aromatic rings. The molecule has 1 fully saturated rings. The van der Waals surface area contributed by atoms with Crippen LogP contribution in [0.5, 0.6) is 0 Å². The van der Waals surface area contributed by atoms with Crippen LogP contribution >= 0.6 is 0 Å². The highest BCUT2D eigenvalue weighted by molar-refractivity contribution is 6.04. The number of hydrogen-bond donors (Lipinski definition) is 2. The van der Waals surface area contributed by atoms with Gasteiger partial charge in [0.15, 0.2) is 11.5 Å². The SMILES string of the molecule is Cc1cc(C(=O)Nc2cc(C(C)(C)C)nn2-c2ccccc2)ccc1-c1cnc(NC2CC2)c2ncnn12. The lowest BCUT2D eigenvalue weighted by Gasteiger charge is -2.14. The van der Waals surface area contributed by atoms with Crippen LogP contribution in [0.15, 0.2) is 67.1 Å². The number of para-hydroxylation sites is 1. The molecule has 0 spiro atoms. The lowest BCUT2D eigenvalue weighted by Crippen LogP contribution is -2.15. The Balaban J connectivity index is 1.30. The largest absolute Gasteiger partial charge is 0.364 e. The fourth-order valence-electron chi connectivity index (χ4n) is 4.41. The quantitative estimate of drug-likeness (QED) is 0.319. The molecule has 9 nitrogen and oxygen atoms in total. The molecular weight excluding hydrogens is 476 g/mol. The van der Waals surface area contributed by atoms with Gasteiger partial charge in [-0.25, -0.2) is 19.2 Å². The number of benzene rings is 2. The second kappa shape index (κ2) is 9.09. The Morgan fingerprint density at radius 2 is 1.82 bits per heavy atom. The van der Waals surface area contributed by atoms with E-state index in [1.807, 2.05) is 61.5 Å². The van der Waals surface area contributed by atoms with Crippen molar-refractivity contribution in [2.75, 3.05) is 10.6 Å². The minimum atomic E-state index is -0.204. The van der Waals surface area contributed by atoms with Crippen molar-refractivity contribution in [2.45, 2.75) is 52.0 Å². The fourth-order valence-corrected chi connectivity index (χ4v) is 4.41. The van der Waals surface area contributed by atoms with Gasteiger partial charge in [0.25, 0.3) is 5.91 Å². The Morgan fingerprint density at radius 1 is 1.03 bits per heavy atom. The maximum atomic E-state index is 13.4. The smallest absolute Gasteiger partial charge is 0.256 e. The molecule has 1 saturated carbocycles. The molecule has 2 N–H and O–H groups in total. The second-order valence-corrected chi connectivity index (χ2v) is 10.8. The molecule has 1 aliphatic rings. The molecule has 0 unspecified atom stereocenters. The standard InChI is InChI=1S/C29H30N8O/c1-18-14-19(10-13-22(18)23-16-30-26(33-20-11-12-20)27-31-17-32-37(23)27)28(38)34-25-15-24(29(2,3)4)35-36(25)21-8-6-5-7-9-21/h5-10,13-17,20H,11-12H2,1-4H3,(H,30,33)(H,34,38). The first-order chi connectivity index (χ1) is 18.3. The van der Waals surface area contributed by atoms with E-state index in [1.165, 1.54) is 6.33 Å². The predicted octanol–water partition coefficient (Wildman–Crippen LogP) is 5.41. The molecule has 192 valence electrons. The predicted molar refractivity (Wildman–Crippen MR) is 148 cm³/mol. The number of carbonyl (C=O) groups excluding carboxylic acids is 1. The van der Waals surface area contributed by atoms with Crippen LogP contribution in [0.1, 0.15) is 55.2 Å². The molecule has 2 aromatic carbocycles. The fraction of sp³-hybridized carbons (Fsp3) is 0.276. The number of hydrogen-bond acceptors (Lipinski definition) is 6. The van der Waals surface area contributed by atoms with E-state index in [1.54, 1.807) is 15.4 Å². The molecule has 38 heavy (non-hydrogen) atoms. The maximum absolute atomic E-state index is 13.4. The molecule has 6 rings (SSSR count). The molecule has 0 saturated heterocycles. The van der Waals surface area contributed by atoms with E-state index in [2.05, 4.69) is 46.5 Å². The van der Waals surface area contributed by atoms with Crippen LogP contribution in [0.3, 0.4) is 0 Å². The summed E-state index contributed by atoms with van der Waals surface area (Å²) in [6.07, 6.45) is 5.64. The zero-order chi connectivity index (χ0) is 26.4. The minimum Gasteiger partial charge on any atom is -0.364 e. The van der Waals surface area contributed by atoms with Crippen molar-refractivity contribution in [1.29, 1.82) is 0 Å². The van der Waals surface area contributed by atoms with Gasteiger partial charge in [0.05, 0.1) is 23.3 Å². The van der Waals surface area contributed by atoms with Crippen molar-refractivity contribution in [1.82, 2.24) is 29.4 Å². The highest BCUT2D eigenvalue weighted by Crippen LogP contribution is 2.30. The van der Waals surface area contributed by atoms with Crippen molar-refractivity contribution in [2.24, 2.45) is 0 Å². The van der Waals surface area contributed by atoms with Crippen LogP contribution in [-0.2, 0) is 5.41 Å². The zero-order valence-corrected chi connectivity index (χ0v) is 21.9. The highest BCUT2D eigenvalue weighted by atomic mass is 16.1. The average molecular weight is 507 g/mol. The first-order valence-electron chi connectivity index (χ1n) is 12.8. The summed E-state index contributed by atoms with van der Waals surface area (Å²) in [4.78, 5) is 22.4. The molecule has 0 bridgehead atoms. The Labute approximate surface area is 220 Å². The van der Waals surface area contributed by atoms with Gasteiger partial charge in [-0.1, -0.05) is 45.0 Å². The molecule has 0 radical (unpaired) electrons. The van der Waals surface area contributed by atoms with Crippen LogP contribution in [0, 0.1) is 6.92 Å². The van der Waals surface area contributed by atoms with Crippen LogP contribution in [0.2, 0.25) is 0 Å². The van der Waals surface area contributed by atoms with Crippen LogP contribution < -0.4 is 10.6 Å². The van der Waals surface area contributed by atoms with Crippen molar-refractivity contribution in [3.63, 3.8) is 0 Å². The molecule has 3 aromatic heterocycles. The van der Waals surface area contributed by atoms with E-state index in [9.17, 15) is 4.79 Å². The number of nitrogens with zero attached hydrogens (tertiary/aromatic N) is 6. The number of aromatic nitrogens is 6. The van der Waals surface area contributed by atoms with E-state index < -0.39 is 0 Å². The second-order valence-electron chi connectivity index (χ2n) is 10.8. The zero-order valence-electron chi connectivity index (χ0n) is 21.9. The van der Waals surface area contributed by atoms with Crippen molar-refractivity contribution >= 4 is 23.2 Å². The van der Waals surface area contributed by atoms with Crippen molar-refractivity contribution in [3.05, 3.63) is 83.9 Å². The lowest BCUT2D eigenvalue weighted by molar-refractivity contribution is 0.102. The molecule has 1 amide bonds. The van der Waals surface area contributed by atoms with Crippen molar-refractivity contribution in [3.8, 4) is 16.9 Å². The Kier molecular flexibility index (Phi) is 5.71. The summed E-state index contributed by atoms with van der Waals surface area (Å²) in [5.41, 5.74) is 5.56. The Hall–Kier alpha value is -4.53. The molecule has 1 aliphatic carbocycles. The number of carbonyl (C=O) groups is 1. The molecule has 3 heterocycles. The summed E-state index contributed by atoms with van der Waals surface area (Å²) in [6.45, 7) is 8.30. The van der Waals surface area contributed by atoms with Gasteiger partial charge in [-0.15, -0.1) is 0 Å². The Bertz CT molecular complexity index is 1640. The molecule has 0 aliphatic heterocycles. The van der Waals surface area contributed by atoms with Gasteiger partial charge in [0.1, 0.15) is 12.1 Å². The van der Waals surface area contributed by atoms with E-state index >= 15 is 0 Å². The highest BCUT2D eigenvalue weighted by Gasteiger charge is 2.24. The topological polar surface area (TPSA) is 102 Å². The summed E-state index contributed by atoms with van der Waals surface area (Å²) in [5.74, 6) is 1.16. The monoisotopic (exact) mass is 506 g/mol. The van der Waals surface area contributed by atoms with E-state index in [0.717, 1.165) is 46.9 Å². The van der Waals surface area contributed by atoms with Crippen molar-refractivity contribution < 1.29 is 4.79 Å². The molecule has 9 heteroatoms. The van der Waals surface area contributed by atoms with Gasteiger partial charge < -0.3 is 10.6 Å². The number of aryl methyl sites for hydroxylation is 1. The van der Waals surface area contributed by atoms with E-state index in [0.29, 0.717) is 23.1 Å². The van der Waals surface area contributed by atoms with Crippen LogP contribution in [0.25, 0.3) is 22.6 Å². The average Bonchev–Trinajstić information content (AvgIpc) is 3.38. The third-order valence-corrected chi connectivity index (χ3v) is 6.71. The van der Waals surface area contributed by atoms with E-state index in [4.69, 9.17) is 5.10 Å². The molecule has 0 atom stereocenters. The van der Waals surface area contributed by atoms with Crippen LogP contribution in [-0.4, -0.2) is 41.3 Å². The molecular formula is C29H30N8O. The maximum Gasteiger partial charge on any atom is 0.256 e. The van der Waals surface area contributed by atoms with Gasteiger partial charge in [-0.2, -0.15) is 10.2 Å². The first-order valence-corrected chi connectivity index (χ1v) is 12.8. The summed E-state index contributed by atoms with van der Waals surface area (Å²) in [6, 6.07) is 17.9. The minimum absolute atomic E-state index is 0.164. The summed E-state index contributed by atoms with van der Waals surface area (Å²) < 4.78 is 3.58. The Morgan fingerprint density at radius 3 is 2.53 bits per heavy atom. The van der Waals surface area contributed by atoms with Gasteiger partial charge in [0.2, 0.25) is 0 Å². The summed E-state index contributed by atoms with van der Waals surface area (Å²) in [7, 11) is 0. The summed E-state index contributed by atoms with van der Waals surface area (Å²) >= 11 is 0. The third-order valence-electron chi connectivity index (χ3n) is 6.71. The number of nitrogens with one attached hydrogen (secondary N) is 2. The summed E-state index contributed by atoms with van der Waals surface area (Å²) in [5, 5.41) is 15.7. The number of fused-ring (bicyclic) bond motifs is 1. The normalized spacial score (nSPS) is 13.6. The van der Waals surface area contributed by atoms with Crippen LogP contribution in [0.4, 0.5) is 11.6 Å². The lowest BCUT2D eigenvalue weighted by atomic mass is 9.92. The number of amides is 1. The van der Waals surface area contributed by atoms with E-state index in [-0.39, 0.29) is 11.3 Å². The van der Waals surface area contributed by atoms with Gasteiger partial charge in [-0.05, 0) is 49.6 Å².